The zero-order chi connectivity index (χ0) is 20.4. The van der Waals surface area contributed by atoms with Crippen molar-refractivity contribution >= 4 is 11.7 Å². The molecule has 2 amide bonds. The second-order valence-electron chi connectivity index (χ2n) is 6.26. The number of halogens is 1. The smallest absolute Gasteiger partial charge is 0.319 e. The van der Waals surface area contributed by atoms with Crippen LogP contribution in [-0.2, 0) is 0 Å². The quantitative estimate of drug-likeness (QED) is 0.566. The molecule has 3 N–H and O–H groups in total. The van der Waals surface area contributed by atoms with Crippen LogP contribution in [0.4, 0.5) is 14.9 Å². The van der Waals surface area contributed by atoms with E-state index < -0.39 is 18.0 Å². The molecule has 2 aromatic carbocycles. The van der Waals surface area contributed by atoms with E-state index >= 15 is 0 Å². The number of benzene rings is 2. The van der Waals surface area contributed by atoms with E-state index in [9.17, 15) is 14.3 Å². The van der Waals surface area contributed by atoms with Crippen molar-refractivity contribution in [3.63, 3.8) is 0 Å². The van der Waals surface area contributed by atoms with Gasteiger partial charge in [0.15, 0.2) is 11.5 Å². The molecule has 2 rings (SSSR count). The van der Waals surface area contributed by atoms with Crippen molar-refractivity contribution < 1.29 is 23.8 Å². The first-order valence-corrected chi connectivity index (χ1v) is 9.41. The molecular weight excluding hydrogens is 363 g/mol. The average molecular weight is 390 g/mol. The molecule has 0 heterocycles. The maximum absolute atomic E-state index is 13.2. The zero-order valence-electron chi connectivity index (χ0n) is 16.2. The maximum atomic E-state index is 13.2. The van der Waals surface area contributed by atoms with Crippen LogP contribution in [0.3, 0.4) is 0 Å². The van der Waals surface area contributed by atoms with Gasteiger partial charge in [0.25, 0.3) is 0 Å². The minimum atomic E-state index is -1.00. The molecule has 0 aromatic heterocycles. The summed E-state index contributed by atoms with van der Waals surface area (Å²) in [4.78, 5) is 12.1. The molecule has 1 atom stereocenters. The summed E-state index contributed by atoms with van der Waals surface area (Å²) in [6.07, 6.45) is 0.724. The van der Waals surface area contributed by atoms with Crippen molar-refractivity contribution in [3.05, 3.63) is 53.8 Å². The SMILES string of the molecule is CCCOc1ccc(NC(=O)NCC(O)c2cccc(F)c2)cc1OCCC. The number of hydrogen-bond acceptors (Lipinski definition) is 4. The van der Waals surface area contributed by atoms with Gasteiger partial charge in [0.1, 0.15) is 5.82 Å². The van der Waals surface area contributed by atoms with Gasteiger partial charge in [-0.1, -0.05) is 26.0 Å². The third-order valence-corrected chi connectivity index (χ3v) is 3.81. The standard InChI is InChI=1S/C21H27FN2O4/c1-3-10-27-19-9-8-17(13-20(19)28-11-4-2)24-21(26)23-14-18(25)15-6-5-7-16(22)12-15/h5-9,12-13,18,25H,3-4,10-11,14H2,1-2H3,(H2,23,24,26). The van der Waals surface area contributed by atoms with Crippen LogP contribution in [-0.4, -0.2) is 30.9 Å². The molecule has 0 aliphatic carbocycles. The fourth-order valence-corrected chi connectivity index (χ4v) is 2.44. The van der Waals surface area contributed by atoms with Crippen LogP contribution < -0.4 is 20.1 Å². The predicted molar refractivity (Wildman–Crippen MR) is 106 cm³/mol. The van der Waals surface area contributed by atoms with E-state index in [2.05, 4.69) is 10.6 Å². The van der Waals surface area contributed by atoms with E-state index in [4.69, 9.17) is 9.47 Å². The van der Waals surface area contributed by atoms with Crippen molar-refractivity contribution in [2.24, 2.45) is 0 Å². The number of nitrogens with one attached hydrogen (secondary N) is 2. The normalized spacial score (nSPS) is 11.6. The van der Waals surface area contributed by atoms with Gasteiger partial charge in [0, 0.05) is 18.3 Å². The first-order valence-electron chi connectivity index (χ1n) is 9.41. The Hall–Kier alpha value is -2.80. The molecule has 152 valence electrons. The van der Waals surface area contributed by atoms with Crippen LogP contribution in [0, 0.1) is 5.82 Å². The topological polar surface area (TPSA) is 79.8 Å². The third-order valence-electron chi connectivity index (χ3n) is 3.81. The Morgan fingerprint density at radius 2 is 1.79 bits per heavy atom. The molecular formula is C21H27FN2O4. The van der Waals surface area contributed by atoms with Crippen LogP contribution in [0.25, 0.3) is 0 Å². The summed E-state index contributed by atoms with van der Waals surface area (Å²) in [5.74, 6) is 0.752. The average Bonchev–Trinajstić information content (AvgIpc) is 2.69. The van der Waals surface area contributed by atoms with Gasteiger partial charge < -0.3 is 25.2 Å². The summed E-state index contributed by atoms with van der Waals surface area (Å²) >= 11 is 0. The minimum absolute atomic E-state index is 0.0494. The summed E-state index contributed by atoms with van der Waals surface area (Å²) < 4.78 is 24.6. The number of ether oxygens (including phenoxy) is 2. The molecule has 0 saturated carbocycles. The van der Waals surface area contributed by atoms with E-state index in [1.807, 2.05) is 13.8 Å². The Bertz CT molecular complexity index is 770. The lowest BCUT2D eigenvalue weighted by molar-refractivity contribution is 0.174. The molecule has 0 bridgehead atoms. The van der Waals surface area contributed by atoms with Crippen molar-refractivity contribution in [1.82, 2.24) is 5.32 Å². The molecule has 0 saturated heterocycles. The van der Waals surface area contributed by atoms with Crippen LogP contribution in [0.1, 0.15) is 38.4 Å². The van der Waals surface area contributed by atoms with Gasteiger partial charge >= 0.3 is 6.03 Å². The fraction of sp³-hybridized carbons (Fsp3) is 0.381. The number of carbonyl (C=O) groups is 1. The highest BCUT2D eigenvalue weighted by atomic mass is 19.1. The number of amides is 2. The number of aliphatic hydroxyl groups excluding tert-OH is 1. The maximum Gasteiger partial charge on any atom is 0.319 e. The summed E-state index contributed by atoms with van der Waals surface area (Å²) in [5, 5.41) is 15.3. The van der Waals surface area contributed by atoms with Crippen LogP contribution >= 0.6 is 0 Å². The summed E-state index contributed by atoms with van der Waals surface area (Å²) in [5.41, 5.74) is 0.931. The lowest BCUT2D eigenvalue weighted by atomic mass is 10.1. The second kappa shape index (κ2) is 11.1. The molecule has 1 unspecified atom stereocenters. The van der Waals surface area contributed by atoms with Crippen molar-refractivity contribution in [3.8, 4) is 11.5 Å². The molecule has 0 aliphatic heterocycles. The van der Waals surface area contributed by atoms with E-state index in [-0.39, 0.29) is 6.54 Å². The van der Waals surface area contributed by atoms with Crippen molar-refractivity contribution in [2.75, 3.05) is 25.1 Å². The summed E-state index contributed by atoms with van der Waals surface area (Å²) in [7, 11) is 0. The molecule has 0 radical (unpaired) electrons. The Kier molecular flexibility index (Phi) is 8.55. The number of anilines is 1. The van der Waals surface area contributed by atoms with E-state index in [0.717, 1.165) is 12.8 Å². The molecule has 28 heavy (non-hydrogen) atoms. The monoisotopic (exact) mass is 390 g/mol. The molecule has 6 nitrogen and oxygen atoms in total. The highest BCUT2D eigenvalue weighted by Gasteiger charge is 2.12. The Balaban J connectivity index is 1.94. The van der Waals surface area contributed by atoms with E-state index in [1.54, 1.807) is 24.3 Å². The van der Waals surface area contributed by atoms with Gasteiger partial charge in [-0.15, -0.1) is 0 Å². The second-order valence-corrected chi connectivity index (χ2v) is 6.26. The third kappa shape index (κ3) is 6.74. The van der Waals surface area contributed by atoms with Crippen molar-refractivity contribution in [1.29, 1.82) is 0 Å². The highest BCUT2D eigenvalue weighted by Crippen LogP contribution is 2.31. The van der Waals surface area contributed by atoms with Gasteiger partial charge in [-0.3, -0.25) is 0 Å². The molecule has 0 spiro atoms. The zero-order valence-corrected chi connectivity index (χ0v) is 16.2. The predicted octanol–water partition coefficient (Wildman–Crippen LogP) is 4.26. The van der Waals surface area contributed by atoms with Crippen LogP contribution in [0.5, 0.6) is 11.5 Å². The number of carbonyl (C=O) groups excluding carboxylic acids is 1. The fourth-order valence-electron chi connectivity index (χ4n) is 2.44. The Morgan fingerprint density at radius 1 is 1.07 bits per heavy atom. The summed E-state index contributed by atoms with van der Waals surface area (Å²) in [6, 6.07) is 10.3. The van der Waals surface area contributed by atoms with Gasteiger partial charge in [0.05, 0.1) is 19.3 Å². The van der Waals surface area contributed by atoms with Gasteiger partial charge in [-0.25, -0.2) is 9.18 Å². The lowest BCUT2D eigenvalue weighted by Crippen LogP contribution is -2.32. The van der Waals surface area contributed by atoms with E-state index in [1.165, 1.54) is 18.2 Å². The lowest BCUT2D eigenvalue weighted by Gasteiger charge is -2.15. The van der Waals surface area contributed by atoms with Crippen LogP contribution in [0.15, 0.2) is 42.5 Å². The van der Waals surface area contributed by atoms with Gasteiger partial charge in [0.2, 0.25) is 0 Å². The van der Waals surface area contributed by atoms with Crippen LogP contribution in [0.2, 0.25) is 0 Å². The van der Waals surface area contributed by atoms with E-state index in [0.29, 0.717) is 36.0 Å². The van der Waals surface area contributed by atoms with Gasteiger partial charge in [-0.2, -0.15) is 0 Å². The largest absolute Gasteiger partial charge is 0.490 e. The van der Waals surface area contributed by atoms with Crippen molar-refractivity contribution in [2.45, 2.75) is 32.8 Å². The molecule has 2 aromatic rings. The highest BCUT2D eigenvalue weighted by molar-refractivity contribution is 5.89. The van der Waals surface area contributed by atoms with Gasteiger partial charge in [-0.05, 0) is 42.7 Å². The number of urea groups is 1. The molecule has 0 aliphatic rings. The Labute approximate surface area is 164 Å². The number of aliphatic hydroxyl groups is 1. The summed E-state index contributed by atoms with van der Waals surface area (Å²) in [6.45, 7) is 5.09. The Morgan fingerprint density at radius 3 is 2.46 bits per heavy atom. The molecule has 0 fully saturated rings. The minimum Gasteiger partial charge on any atom is -0.490 e. The number of rotatable bonds is 10. The number of hydrogen-bond donors (Lipinski definition) is 3. The first kappa shape index (κ1) is 21.5. The first-order chi connectivity index (χ1) is 13.5. The molecule has 7 heteroatoms.